The molecule has 3 aromatic rings. The van der Waals surface area contributed by atoms with Crippen molar-refractivity contribution >= 4 is 17.2 Å². The first-order chi connectivity index (χ1) is 11.0. The van der Waals surface area contributed by atoms with Crippen LogP contribution in [0.15, 0.2) is 34.4 Å². The quantitative estimate of drug-likeness (QED) is 0.687. The molecule has 0 radical (unpaired) electrons. The first kappa shape index (κ1) is 15.2. The molecule has 0 unspecified atom stereocenters. The summed E-state index contributed by atoms with van der Waals surface area (Å²) in [5, 5.41) is 11.6. The van der Waals surface area contributed by atoms with Crippen molar-refractivity contribution in [1.82, 2.24) is 20.5 Å². The Bertz CT molecular complexity index is 893. The van der Waals surface area contributed by atoms with Crippen molar-refractivity contribution in [1.29, 1.82) is 0 Å². The van der Waals surface area contributed by atoms with E-state index in [1.54, 1.807) is 17.4 Å². The molecule has 0 saturated carbocycles. The van der Waals surface area contributed by atoms with Crippen LogP contribution in [0, 0.1) is 13.8 Å². The third-order valence-electron chi connectivity index (χ3n) is 3.52. The molecule has 1 amide bonds. The minimum atomic E-state index is -0.316. The van der Waals surface area contributed by atoms with Crippen LogP contribution < -0.4 is 10.9 Å². The number of hydrogen-bond donors (Lipinski definition) is 3. The van der Waals surface area contributed by atoms with Crippen molar-refractivity contribution in [3.63, 3.8) is 0 Å². The number of thiophene rings is 1. The molecule has 0 spiro atoms. The summed E-state index contributed by atoms with van der Waals surface area (Å²) >= 11 is 1.57. The molecule has 0 saturated heterocycles. The lowest BCUT2D eigenvalue weighted by molar-refractivity contribution is 0.0945. The van der Waals surface area contributed by atoms with E-state index in [0.29, 0.717) is 11.3 Å². The van der Waals surface area contributed by atoms with Gasteiger partial charge in [-0.15, -0.1) is 11.3 Å². The largest absolute Gasteiger partial charge is 0.346 e. The lowest BCUT2D eigenvalue weighted by atomic mass is 10.1. The molecule has 0 aromatic carbocycles. The van der Waals surface area contributed by atoms with Gasteiger partial charge in [-0.2, -0.15) is 5.10 Å². The Balaban J connectivity index is 1.72. The number of carbonyl (C=O) groups excluding carboxylic acids is 1. The van der Waals surface area contributed by atoms with Crippen LogP contribution in [0.1, 0.15) is 27.3 Å². The highest BCUT2D eigenvalue weighted by Gasteiger charge is 2.13. The van der Waals surface area contributed by atoms with Crippen LogP contribution >= 0.6 is 11.3 Å². The predicted octanol–water partition coefficient (Wildman–Crippen LogP) is 2.37. The SMILES string of the molecule is Cc1cc(C)c(CNC(=O)c2cc(-c3cccs3)[nH]n2)c(=O)[nH]1. The second kappa shape index (κ2) is 6.21. The number of aromatic amines is 2. The molecule has 7 heteroatoms. The minimum Gasteiger partial charge on any atom is -0.346 e. The third-order valence-corrected chi connectivity index (χ3v) is 4.42. The van der Waals surface area contributed by atoms with E-state index in [4.69, 9.17) is 0 Å². The summed E-state index contributed by atoms with van der Waals surface area (Å²) in [5.41, 5.74) is 3.13. The Morgan fingerprint density at radius 2 is 2.17 bits per heavy atom. The Kier molecular flexibility index (Phi) is 4.12. The average Bonchev–Trinajstić information content (AvgIpc) is 3.17. The number of rotatable bonds is 4. The van der Waals surface area contributed by atoms with Gasteiger partial charge in [-0.3, -0.25) is 14.7 Å². The first-order valence-corrected chi connectivity index (χ1v) is 7.99. The highest BCUT2D eigenvalue weighted by molar-refractivity contribution is 7.13. The van der Waals surface area contributed by atoms with Gasteiger partial charge in [0.05, 0.1) is 10.6 Å². The second-order valence-electron chi connectivity index (χ2n) is 5.27. The number of nitrogens with one attached hydrogen (secondary N) is 3. The summed E-state index contributed by atoms with van der Waals surface area (Å²) in [6.45, 7) is 3.85. The summed E-state index contributed by atoms with van der Waals surface area (Å²) in [4.78, 5) is 27.9. The van der Waals surface area contributed by atoms with Crippen LogP contribution in [0.25, 0.3) is 10.6 Å². The molecule has 0 bridgehead atoms. The van der Waals surface area contributed by atoms with Gasteiger partial charge in [0.15, 0.2) is 5.69 Å². The summed E-state index contributed by atoms with van der Waals surface area (Å²) in [6.07, 6.45) is 0. The zero-order valence-electron chi connectivity index (χ0n) is 12.8. The van der Waals surface area contributed by atoms with Gasteiger partial charge in [0.2, 0.25) is 0 Å². The monoisotopic (exact) mass is 328 g/mol. The standard InChI is InChI=1S/C16H16N4O2S/c1-9-6-10(2)18-15(21)11(9)8-17-16(22)13-7-12(19-20-13)14-4-3-5-23-14/h3-7H,8H2,1-2H3,(H,17,22)(H,18,21)(H,19,20). The van der Waals surface area contributed by atoms with Gasteiger partial charge in [-0.1, -0.05) is 6.07 Å². The first-order valence-electron chi connectivity index (χ1n) is 7.11. The molecule has 3 rings (SSSR count). The molecule has 3 N–H and O–H groups in total. The van der Waals surface area contributed by atoms with Gasteiger partial charge < -0.3 is 10.3 Å². The zero-order chi connectivity index (χ0) is 16.4. The van der Waals surface area contributed by atoms with Crippen molar-refractivity contribution in [2.75, 3.05) is 0 Å². The minimum absolute atomic E-state index is 0.168. The Morgan fingerprint density at radius 3 is 2.87 bits per heavy atom. The Labute approximate surface area is 136 Å². The highest BCUT2D eigenvalue weighted by Crippen LogP contribution is 2.22. The maximum Gasteiger partial charge on any atom is 0.272 e. The molecule has 118 valence electrons. The molecule has 0 aliphatic rings. The van der Waals surface area contributed by atoms with Crippen molar-refractivity contribution in [3.8, 4) is 10.6 Å². The number of aryl methyl sites for hydroxylation is 2. The normalized spacial score (nSPS) is 10.7. The summed E-state index contributed by atoms with van der Waals surface area (Å²) in [6, 6.07) is 7.47. The smallest absolute Gasteiger partial charge is 0.272 e. The van der Waals surface area contributed by atoms with E-state index < -0.39 is 0 Å². The number of carbonyl (C=O) groups is 1. The molecule has 3 aromatic heterocycles. The lowest BCUT2D eigenvalue weighted by Gasteiger charge is -2.06. The van der Waals surface area contributed by atoms with Gasteiger partial charge in [0.25, 0.3) is 11.5 Å². The number of nitrogens with zero attached hydrogens (tertiary/aromatic N) is 1. The van der Waals surface area contributed by atoms with Crippen molar-refractivity contribution in [2.45, 2.75) is 20.4 Å². The van der Waals surface area contributed by atoms with Crippen molar-refractivity contribution < 1.29 is 4.79 Å². The topological polar surface area (TPSA) is 90.6 Å². The Hall–Kier alpha value is -2.67. The van der Waals surface area contributed by atoms with Crippen LogP contribution in [-0.2, 0) is 6.54 Å². The van der Waals surface area contributed by atoms with Crippen LogP contribution in [0.4, 0.5) is 0 Å². The molecular formula is C16H16N4O2S. The molecule has 0 aliphatic carbocycles. The van der Waals surface area contributed by atoms with E-state index in [1.807, 2.05) is 37.4 Å². The fourth-order valence-electron chi connectivity index (χ4n) is 2.36. The van der Waals surface area contributed by atoms with E-state index >= 15 is 0 Å². The van der Waals surface area contributed by atoms with Crippen LogP contribution in [-0.4, -0.2) is 21.1 Å². The fourth-order valence-corrected chi connectivity index (χ4v) is 3.05. The van der Waals surface area contributed by atoms with Gasteiger partial charge in [-0.25, -0.2) is 0 Å². The van der Waals surface area contributed by atoms with E-state index in [1.165, 1.54) is 0 Å². The van der Waals surface area contributed by atoms with Crippen LogP contribution in [0.2, 0.25) is 0 Å². The van der Waals surface area contributed by atoms with E-state index in [9.17, 15) is 9.59 Å². The number of hydrogen-bond acceptors (Lipinski definition) is 4. The molecule has 23 heavy (non-hydrogen) atoms. The molecule has 0 fully saturated rings. The highest BCUT2D eigenvalue weighted by atomic mass is 32.1. The average molecular weight is 328 g/mol. The molecule has 0 atom stereocenters. The molecule has 0 aliphatic heterocycles. The number of aromatic nitrogens is 3. The summed E-state index contributed by atoms with van der Waals surface area (Å²) < 4.78 is 0. The maximum atomic E-state index is 12.2. The predicted molar refractivity (Wildman–Crippen MR) is 89.6 cm³/mol. The van der Waals surface area contributed by atoms with E-state index in [-0.39, 0.29) is 18.0 Å². The van der Waals surface area contributed by atoms with E-state index in [2.05, 4.69) is 20.5 Å². The van der Waals surface area contributed by atoms with Crippen LogP contribution in [0.3, 0.4) is 0 Å². The zero-order valence-corrected chi connectivity index (χ0v) is 13.6. The van der Waals surface area contributed by atoms with Gasteiger partial charge in [0.1, 0.15) is 0 Å². The van der Waals surface area contributed by atoms with E-state index in [0.717, 1.165) is 21.8 Å². The number of H-pyrrole nitrogens is 2. The van der Waals surface area contributed by atoms with Gasteiger partial charge in [-0.05, 0) is 43.0 Å². The lowest BCUT2D eigenvalue weighted by Crippen LogP contribution is -2.28. The summed E-state index contributed by atoms with van der Waals surface area (Å²) in [7, 11) is 0. The third kappa shape index (κ3) is 3.24. The molecular weight excluding hydrogens is 312 g/mol. The Morgan fingerprint density at radius 1 is 1.35 bits per heavy atom. The summed E-state index contributed by atoms with van der Waals surface area (Å²) in [5.74, 6) is -0.316. The van der Waals surface area contributed by atoms with Crippen LogP contribution in [0.5, 0.6) is 0 Å². The van der Waals surface area contributed by atoms with Crippen molar-refractivity contribution in [2.24, 2.45) is 0 Å². The fraction of sp³-hybridized carbons (Fsp3) is 0.188. The van der Waals surface area contributed by atoms with Gasteiger partial charge >= 0.3 is 0 Å². The molecule has 3 heterocycles. The number of amides is 1. The van der Waals surface area contributed by atoms with Gasteiger partial charge in [0, 0.05) is 17.8 Å². The second-order valence-corrected chi connectivity index (χ2v) is 6.22. The molecule has 6 nitrogen and oxygen atoms in total. The van der Waals surface area contributed by atoms with Crippen molar-refractivity contribution in [3.05, 3.63) is 62.5 Å². The maximum absolute atomic E-state index is 12.2. The number of pyridine rings is 1.